The zero-order valence-corrected chi connectivity index (χ0v) is 12.8. The number of rotatable bonds is 5. The van der Waals surface area contributed by atoms with E-state index in [2.05, 4.69) is 5.32 Å². The van der Waals surface area contributed by atoms with Gasteiger partial charge in [0.25, 0.3) is 0 Å². The van der Waals surface area contributed by atoms with Gasteiger partial charge in [-0.1, -0.05) is 35.3 Å². The van der Waals surface area contributed by atoms with E-state index in [0.717, 1.165) is 19.4 Å². The van der Waals surface area contributed by atoms with Crippen molar-refractivity contribution in [1.29, 1.82) is 0 Å². The quantitative estimate of drug-likeness (QED) is 0.877. The zero-order chi connectivity index (χ0) is 14.8. The SMILES string of the molecule is CC(NCC1CCCO1)(C(N)=O)c1cccc(Cl)c1Cl. The molecule has 2 rings (SSSR count). The summed E-state index contributed by atoms with van der Waals surface area (Å²) in [5.74, 6) is -0.500. The van der Waals surface area contributed by atoms with Crippen LogP contribution in [-0.4, -0.2) is 25.2 Å². The number of primary amides is 1. The zero-order valence-electron chi connectivity index (χ0n) is 11.3. The minimum absolute atomic E-state index is 0.103. The van der Waals surface area contributed by atoms with Gasteiger partial charge in [-0.2, -0.15) is 0 Å². The third-order valence-electron chi connectivity index (χ3n) is 3.69. The largest absolute Gasteiger partial charge is 0.377 e. The Morgan fingerprint density at radius 3 is 2.90 bits per heavy atom. The number of ether oxygens (including phenoxy) is 1. The van der Waals surface area contributed by atoms with Gasteiger partial charge in [0.2, 0.25) is 5.91 Å². The van der Waals surface area contributed by atoms with E-state index in [4.69, 9.17) is 33.7 Å². The van der Waals surface area contributed by atoms with E-state index < -0.39 is 11.4 Å². The molecule has 0 aromatic heterocycles. The Morgan fingerprint density at radius 2 is 2.30 bits per heavy atom. The highest BCUT2D eigenvalue weighted by molar-refractivity contribution is 6.42. The molecule has 20 heavy (non-hydrogen) atoms. The van der Waals surface area contributed by atoms with Crippen molar-refractivity contribution in [2.24, 2.45) is 5.73 Å². The maximum Gasteiger partial charge on any atom is 0.242 e. The minimum atomic E-state index is -1.08. The van der Waals surface area contributed by atoms with Gasteiger partial charge < -0.3 is 10.5 Å². The lowest BCUT2D eigenvalue weighted by atomic mass is 9.90. The van der Waals surface area contributed by atoms with Crippen molar-refractivity contribution in [2.45, 2.75) is 31.4 Å². The summed E-state index contributed by atoms with van der Waals surface area (Å²) >= 11 is 12.2. The molecule has 0 aliphatic carbocycles. The van der Waals surface area contributed by atoms with E-state index in [-0.39, 0.29) is 6.10 Å². The fourth-order valence-corrected chi connectivity index (χ4v) is 2.82. The average Bonchev–Trinajstić information content (AvgIpc) is 2.92. The van der Waals surface area contributed by atoms with E-state index in [9.17, 15) is 4.79 Å². The summed E-state index contributed by atoms with van der Waals surface area (Å²) in [7, 11) is 0. The Bertz CT molecular complexity index is 504. The van der Waals surface area contributed by atoms with Crippen molar-refractivity contribution in [2.75, 3.05) is 13.2 Å². The summed E-state index contributed by atoms with van der Waals surface area (Å²) in [6.07, 6.45) is 2.12. The maximum atomic E-state index is 11.9. The predicted octanol–water partition coefficient (Wildman–Crippen LogP) is 2.46. The molecule has 2 atom stereocenters. The van der Waals surface area contributed by atoms with Crippen LogP contribution in [0.5, 0.6) is 0 Å². The molecule has 0 bridgehead atoms. The second kappa shape index (κ2) is 6.31. The number of hydrogen-bond acceptors (Lipinski definition) is 3. The summed E-state index contributed by atoms with van der Waals surface area (Å²) < 4.78 is 5.54. The highest BCUT2D eigenvalue weighted by Crippen LogP contribution is 2.33. The molecule has 1 aliphatic heterocycles. The summed E-state index contributed by atoms with van der Waals surface area (Å²) in [5, 5.41) is 3.92. The first kappa shape index (κ1) is 15.6. The monoisotopic (exact) mass is 316 g/mol. The first-order chi connectivity index (χ1) is 9.45. The molecule has 0 saturated carbocycles. The molecule has 1 aromatic carbocycles. The Balaban J connectivity index is 2.23. The minimum Gasteiger partial charge on any atom is -0.377 e. The average molecular weight is 317 g/mol. The first-order valence-corrected chi connectivity index (χ1v) is 7.32. The van der Waals surface area contributed by atoms with Crippen LogP contribution in [0.3, 0.4) is 0 Å². The van der Waals surface area contributed by atoms with Crippen LogP contribution in [0.1, 0.15) is 25.3 Å². The summed E-state index contributed by atoms with van der Waals surface area (Å²) in [4.78, 5) is 11.9. The third-order valence-corrected chi connectivity index (χ3v) is 4.51. The van der Waals surface area contributed by atoms with Gasteiger partial charge in [-0.25, -0.2) is 0 Å². The lowest BCUT2D eigenvalue weighted by molar-refractivity contribution is -0.124. The number of halogens is 2. The molecule has 1 amide bonds. The van der Waals surface area contributed by atoms with Gasteiger partial charge in [0, 0.05) is 18.7 Å². The molecule has 6 heteroatoms. The Hall–Kier alpha value is -0.810. The van der Waals surface area contributed by atoms with E-state index in [1.807, 2.05) is 0 Å². The molecular weight excluding hydrogens is 299 g/mol. The van der Waals surface area contributed by atoms with E-state index in [1.165, 1.54) is 0 Å². The van der Waals surface area contributed by atoms with Crippen molar-refractivity contribution in [1.82, 2.24) is 5.32 Å². The maximum absolute atomic E-state index is 11.9. The molecule has 4 nitrogen and oxygen atoms in total. The first-order valence-electron chi connectivity index (χ1n) is 6.56. The van der Waals surface area contributed by atoms with Crippen molar-refractivity contribution in [3.63, 3.8) is 0 Å². The van der Waals surface area contributed by atoms with Crippen LogP contribution in [0.25, 0.3) is 0 Å². The smallest absolute Gasteiger partial charge is 0.242 e. The standard InChI is InChI=1S/C14H18Cl2N2O2/c1-14(13(17)19,18-8-9-4-3-7-20-9)10-5-2-6-11(15)12(10)16/h2,5-6,9,18H,3-4,7-8H2,1H3,(H2,17,19). The number of nitrogens with two attached hydrogens (primary N) is 1. The van der Waals surface area contributed by atoms with Crippen molar-refractivity contribution < 1.29 is 9.53 Å². The molecule has 0 spiro atoms. The topological polar surface area (TPSA) is 64.3 Å². The lowest BCUT2D eigenvalue weighted by Crippen LogP contribution is -2.52. The number of hydrogen-bond donors (Lipinski definition) is 2. The number of carbonyl (C=O) groups is 1. The number of nitrogens with one attached hydrogen (secondary N) is 1. The summed E-state index contributed by atoms with van der Waals surface area (Å²) in [5.41, 5.74) is 5.07. The van der Waals surface area contributed by atoms with Crippen LogP contribution in [0.4, 0.5) is 0 Å². The Labute approximate surface area is 128 Å². The summed E-state index contributed by atoms with van der Waals surface area (Å²) in [6.45, 7) is 3.02. The molecule has 110 valence electrons. The number of amides is 1. The van der Waals surface area contributed by atoms with Crippen LogP contribution < -0.4 is 11.1 Å². The van der Waals surface area contributed by atoms with Crippen LogP contribution in [0.15, 0.2) is 18.2 Å². The Morgan fingerprint density at radius 1 is 1.55 bits per heavy atom. The molecule has 1 saturated heterocycles. The van der Waals surface area contributed by atoms with Gasteiger partial charge in [0.15, 0.2) is 0 Å². The molecule has 3 N–H and O–H groups in total. The Kier molecular flexibility index (Phi) is 4.91. The van der Waals surface area contributed by atoms with Crippen molar-refractivity contribution in [3.05, 3.63) is 33.8 Å². The van der Waals surface area contributed by atoms with E-state index >= 15 is 0 Å². The van der Waals surface area contributed by atoms with E-state index in [1.54, 1.807) is 25.1 Å². The van der Waals surface area contributed by atoms with Crippen LogP contribution >= 0.6 is 23.2 Å². The fourth-order valence-electron chi connectivity index (χ4n) is 2.33. The molecular formula is C14H18Cl2N2O2. The number of benzene rings is 1. The summed E-state index contributed by atoms with van der Waals surface area (Å²) in [6, 6.07) is 5.18. The van der Waals surface area contributed by atoms with Gasteiger partial charge >= 0.3 is 0 Å². The predicted molar refractivity (Wildman–Crippen MR) is 80.0 cm³/mol. The molecule has 0 radical (unpaired) electrons. The van der Waals surface area contributed by atoms with Gasteiger partial charge in [-0.15, -0.1) is 0 Å². The van der Waals surface area contributed by atoms with Crippen LogP contribution in [0.2, 0.25) is 10.0 Å². The third kappa shape index (κ3) is 3.09. The van der Waals surface area contributed by atoms with E-state index in [0.29, 0.717) is 22.2 Å². The highest BCUT2D eigenvalue weighted by Gasteiger charge is 2.36. The lowest BCUT2D eigenvalue weighted by Gasteiger charge is -2.30. The highest BCUT2D eigenvalue weighted by atomic mass is 35.5. The van der Waals surface area contributed by atoms with Gasteiger partial charge in [-0.05, 0) is 25.8 Å². The fraction of sp³-hybridized carbons (Fsp3) is 0.500. The van der Waals surface area contributed by atoms with Gasteiger partial charge in [0.05, 0.1) is 16.1 Å². The van der Waals surface area contributed by atoms with Crippen molar-refractivity contribution >= 4 is 29.1 Å². The molecule has 1 heterocycles. The molecule has 1 aromatic rings. The molecule has 1 aliphatic rings. The second-order valence-corrected chi connectivity index (χ2v) is 5.89. The van der Waals surface area contributed by atoms with Crippen LogP contribution in [0, 0.1) is 0 Å². The second-order valence-electron chi connectivity index (χ2n) is 5.11. The molecule has 1 fully saturated rings. The number of carbonyl (C=O) groups excluding carboxylic acids is 1. The van der Waals surface area contributed by atoms with Crippen molar-refractivity contribution in [3.8, 4) is 0 Å². The normalized spacial score (nSPS) is 21.6. The van der Waals surface area contributed by atoms with Gasteiger partial charge in [-0.3, -0.25) is 10.1 Å². The molecule has 2 unspecified atom stereocenters. The van der Waals surface area contributed by atoms with Gasteiger partial charge in [0.1, 0.15) is 5.54 Å². The van der Waals surface area contributed by atoms with Crippen LogP contribution in [-0.2, 0) is 15.1 Å².